The van der Waals surface area contributed by atoms with Gasteiger partial charge in [0.25, 0.3) is 5.91 Å². The van der Waals surface area contributed by atoms with E-state index in [0.29, 0.717) is 23.7 Å². The second kappa shape index (κ2) is 17.0. The number of carbonyl (C=O) groups is 3. The quantitative estimate of drug-likeness (QED) is 0.169. The van der Waals surface area contributed by atoms with Crippen molar-refractivity contribution in [3.63, 3.8) is 0 Å². The lowest BCUT2D eigenvalue weighted by Gasteiger charge is -2.17. The first-order valence-corrected chi connectivity index (χ1v) is 14.8. The molecule has 0 aliphatic rings. The number of para-hydroxylation sites is 1. The van der Waals surface area contributed by atoms with Gasteiger partial charge in [-0.1, -0.05) is 35.9 Å². The summed E-state index contributed by atoms with van der Waals surface area (Å²) in [5, 5.41) is 29.5. The maximum Gasteiger partial charge on any atom is 0.490 e. The van der Waals surface area contributed by atoms with E-state index in [4.69, 9.17) is 36.1 Å². The second-order valence-electron chi connectivity index (χ2n) is 9.27. The molecule has 0 saturated carbocycles. The molecule has 0 aliphatic carbocycles. The average molecular weight is 708 g/mol. The van der Waals surface area contributed by atoms with Crippen LogP contribution >= 0.6 is 11.6 Å². The van der Waals surface area contributed by atoms with Crippen molar-refractivity contribution in [2.45, 2.75) is 37.8 Å². The minimum atomic E-state index is -5.08. The summed E-state index contributed by atoms with van der Waals surface area (Å²) in [6, 6.07) is 12.7. The van der Waals surface area contributed by atoms with E-state index >= 15 is 0 Å². The number of ether oxygens (including phenoxy) is 1. The van der Waals surface area contributed by atoms with E-state index in [-0.39, 0.29) is 6.04 Å². The predicted octanol–water partition coefficient (Wildman–Crippen LogP) is 3.80. The second-order valence-corrected chi connectivity index (χ2v) is 11.5. The fraction of sp³-hybridized carbons (Fsp3) is 0.346. The van der Waals surface area contributed by atoms with Crippen LogP contribution in [0.15, 0.2) is 48.7 Å². The summed E-state index contributed by atoms with van der Waals surface area (Å²) in [5.41, 5.74) is 2.52. The number of halogens is 7. The van der Waals surface area contributed by atoms with Gasteiger partial charge in [-0.3, -0.25) is 9.52 Å². The zero-order valence-electron chi connectivity index (χ0n) is 23.7. The van der Waals surface area contributed by atoms with Gasteiger partial charge in [0.2, 0.25) is 10.0 Å². The molecule has 2 aromatic carbocycles. The number of rotatable bonds is 10. The van der Waals surface area contributed by atoms with Crippen LogP contribution in [0.25, 0.3) is 10.9 Å². The third kappa shape index (κ3) is 14.8. The number of hydrogen-bond acceptors (Lipinski definition) is 8. The Hall–Kier alpha value is -4.07. The van der Waals surface area contributed by atoms with Crippen LogP contribution < -0.4 is 14.8 Å². The van der Waals surface area contributed by atoms with Gasteiger partial charge in [-0.05, 0) is 42.7 Å². The van der Waals surface area contributed by atoms with Crippen LogP contribution in [-0.2, 0) is 30.8 Å². The molecule has 1 amide bonds. The molecule has 3 rings (SSSR count). The number of fused-ring (bicyclic) bond motifs is 1. The molecule has 1 unspecified atom stereocenters. The highest BCUT2D eigenvalue weighted by Gasteiger charge is 2.38. The standard InChI is InChI=1S/C22H26ClN3O5S.2C2HF3O2/c1-14(24-12-19(27)15-5-3-6-17(23)10-15)9-16-11-25-22-18(16)7-4-8-20(22)31-13-21(28)26-32(2,29)30;2*3-2(4,5)1(6)7/h3-8,10-11,14,19,24-25,27H,9,12-13H2,1-2H3,(H,26,28);2*(H,6,7)/t14?,19-;;/m0../s1. The summed E-state index contributed by atoms with van der Waals surface area (Å²) < 4.78 is 93.1. The summed E-state index contributed by atoms with van der Waals surface area (Å²) in [6.45, 7) is 1.99. The number of aromatic amines is 1. The van der Waals surface area contributed by atoms with E-state index in [1.807, 2.05) is 36.0 Å². The topological polar surface area (TPSA) is 195 Å². The lowest BCUT2D eigenvalue weighted by atomic mass is 10.0. The van der Waals surface area contributed by atoms with Crippen molar-refractivity contribution in [3.05, 3.63) is 64.8 Å². The molecule has 1 heterocycles. The van der Waals surface area contributed by atoms with Crippen LogP contribution in [0.1, 0.15) is 24.2 Å². The lowest BCUT2D eigenvalue weighted by Crippen LogP contribution is -2.33. The largest absolute Gasteiger partial charge is 0.490 e. The first-order chi connectivity index (χ1) is 21.0. The van der Waals surface area contributed by atoms with Crippen molar-refractivity contribution >= 4 is 50.4 Å². The predicted molar refractivity (Wildman–Crippen MR) is 152 cm³/mol. The summed E-state index contributed by atoms with van der Waals surface area (Å²) in [6.07, 6.45) is -7.36. The number of carboxylic acids is 2. The average Bonchev–Trinajstić information content (AvgIpc) is 3.32. The maximum atomic E-state index is 11.7. The van der Waals surface area contributed by atoms with E-state index in [0.717, 1.165) is 28.3 Å². The molecule has 0 spiro atoms. The van der Waals surface area contributed by atoms with Crippen molar-refractivity contribution < 1.29 is 69.2 Å². The zero-order valence-corrected chi connectivity index (χ0v) is 25.3. The zero-order chi connectivity index (χ0) is 35.5. The van der Waals surface area contributed by atoms with Crippen LogP contribution in [0.5, 0.6) is 5.75 Å². The number of aliphatic hydroxyl groups excluding tert-OH is 1. The Morgan fingerprint density at radius 1 is 1.00 bits per heavy atom. The summed E-state index contributed by atoms with van der Waals surface area (Å²) in [4.78, 5) is 32.7. The van der Waals surface area contributed by atoms with Gasteiger partial charge >= 0.3 is 24.3 Å². The molecule has 3 aromatic rings. The fourth-order valence-electron chi connectivity index (χ4n) is 3.40. The molecule has 0 saturated heterocycles. The van der Waals surface area contributed by atoms with Crippen molar-refractivity contribution in [2.24, 2.45) is 0 Å². The Morgan fingerprint density at radius 2 is 1.54 bits per heavy atom. The van der Waals surface area contributed by atoms with E-state index in [9.17, 15) is 44.7 Å². The van der Waals surface area contributed by atoms with Crippen LogP contribution in [0.4, 0.5) is 26.3 Å². The number of hydrogen-bond donors (Lipinski definition) is 6. The molecule has 12 nitrogen and oxygen atoms in total. The van der Waals surface area contributed by atoms with Gasteiger partial charge in [0.15, 0.2) is 6.61 Å². The number of aliphatic hydroxyl groups is 1. The normalized spacial score (nSPS) is 12.9. The number of carbonyl (C=O) groups excluding carboxylic acids is 1. The highest BCUT2D eigenvalue weighted by molar-refractivity contribution is 7.89. The van der Waals surface area contributed by atoms with Crippen LogP contribution in [-0.4, -0.2) is 84.4 Å². The van der Waals surface area contributed by atoms with Gasteiger partial charge in [0.05, 0.1) is 17.9 Å². The summed E-state index contributed by atoms with van der Waals surface area (Å²) >= 11 is 5.99. The number of alkyl halides is 6. The van der Waals surface area contributed by atoms with Crippen molar-refractivity contribution in [1.82, 2.24) is 15.0 Å². The SMILES string of the molecule is CC(Cc1c[nH]c2c(OCC(=O)NS(C)(=O)=O)cccc12)NC[C@H](O)c1cccc(Cl)c1.O=C(O)C(F)(F)F.O=C(O)C(F)(F)F. The van der Waals surface area contributed by atoms with E-state index in [2.05, 4.69) is 10.3 Å². The Kier molecular flexibility index (Phi) is 14.8. The fourth-order valence-corrected chi connectivity index (χ4v) is 4.07. The van der Waals surface area contributed by atoms with Crippen LogP contribution in [0.2, 0.25) is 5.02 Å². The molecule has 0 radical (unpaired) electrons. The molecule has 2 atom stereocenters. The molecule has 0 fully saturated rings. The Morgan fingerprint density at radius 3 is 2.04 bits per heavy atom. The number of nitrogens with one attached hydrogen (secondary N) is 3. The molecule has 0 bridgehead atoms. The molecule has 6 N–H and O–H groups in total. The molecular weight excluding hydrogens is 680 g/mol. The molecule has 256 valence electrons. The van der Waals surface area contributed by atoms with Gasteiger partial charge in [-0.2, -0.15) is 26.3 Å². The number of benzene rings is 2. The highest BCUT2D eigenvalue weighted by atomic mass is 35.5. The maximum absolute atomic E-state index is 11.7. The van der Waals surface area contributed by atoms with Gasteiger partial charge in [0, 0.05) is 29.2 Å². The number of aliphatic carboxylic acids is 2. The minimum Gasteiger partial charge on any atom is -0.482 e. The number of carboxylic acid groups (broad SMARTS) is 2. The number of amides is 1. The molecule has 20 heteroatoms. The Labute approximate surface area is 262 Å². The third-order valence-corrected chi connectivity index (χ3v) is 6.16. The van der Waals surface area contributed by atoms with Crippen LogP contribution in [0.3, 0.4) is 0 Å². The number of sulfonamides is 1. The molecule has 1 aromatic heterocycles. The Bertz CT molecular complexity index is 1570. The number of aromatic nitrogens is 1. The van der Waals surface area contributed by atoms with E-state index in [1.165, 1.54) is 0 Å². The first-order valence-electron chi connectivity index (χ1n) is 12.5. The van der Waals surface area contributed by atoms with Gasteiger partial charge in [-0.25, -0.2) is 18.0 Å². The van der Waals surface area contributed by atoms with Crippen LogP contribution in [0, 0.1) is 0 Å². The minimum absolute atomic E-state index is 0.0768. The smallest absolute Gasteiger partial charge is 0.482 e. The van der Waals surface area contributed by atoms with Crippen molar-refractivity contribution in [2.75, 3.05) is 19.4 Å². The number of H-pyrrole nitrogens is 1. The first kappa shape index (κ1) is 40.0. The van der Waals surface area contributed by atoms with Gasteiger partial charge < -0.3 is 30.4 Å². The van der Waals surface area contributed by atoms with E-state index in [1.54, 1.807) is 24.3 Å². The van der Waals surface area contributed by atoms with Gasteiger partial charge in [0.1, 0.15) is 5.75 Å². The summed E-state index contributed by atoms with van der Waals surface area (Å²) in [5.74, 6) is -5.80. The lowest BCUT2D eigenvalue weighted by molar-refractivity contribution is -0.193. The highest BCUT2D eigenvalue weighted by Crippen LogP contribution is 2.28. The van der Waals surface area contributed by atoms with E-state index < -0.39 is 52.9 Å². The summed E-state index contributed by atoms with van der Waals surface area (Å²) in [7, 11) is -3.63. The molecular formula is C26H28ClF6N3O9S. The third-order valence-electron chi connectivity index (χ3n) is 5.33. The monoisotopic (exact) mass is 707 g/mol. The molecule has 46 heavy (non-hydrogen) atoms. The van der Waals surface area contributed by atoms with Crippen molar-refractivity contribution in [3.8, 4) is 5.75 Å². The van der Waals surface area contributed by atoms with Crippen molar-refractivity contribution in [1.29, 1.82) is 0 Å². The van der Waals surface area contributed by atoms with Gasteiger partial charge in [-0.15, -0.1) is 0 Å². The molecule has 0 aliphatic heterocycles. The Balaban J connectivity index is 0.000000629.